The molecule has 1 fully saturated rings. The van der Waals surface area contributed by atoms with Crippen LogP contribution in [0.15, 0.2) is 6.20 Å². The van der Waals surface area contributed by atoms with E-state index < -0.39 is 6.04 Å². The Hall–Kier alpha value is -1.47. The number of aromatic nitrogens is 2. The molecular weight excluding hydrogens is 332 g/mol. The second-order valence-electron chi connectivity index (χ2n) is 7.05. The lowest BCUT2D eigenvalue weighted by molar-refractivity contribution is -0.526. The summed E-state index contributed by atoms with van der Waals surface area (Å²) in [6.07, 6.45) is 8.63. The summed E-state index contributed by atoms with van der Waals surface area (Å²) < 4.78 is 0. The van der Waals surface area contributed by atoms with E-state index in [-0.39, 0.29) is 23.5 Å². The minimum atomic E-state index is -0.394. The van der Waals surface area contributed by atoms with Crippen molar-refractivity contribution in [1.82, 2.24) is 9.97 Å². The summed E-state index contributed by atoms with van der Waals surface area (Å²) in [6, 6.07) is -0.599. The standard InChI is InChI=1S/C17H30N4O3.C2H6/c1-2-3-4-12(11-22)9-15(18)17-19-10-16(20-17)13-5-7-14(8-6-13)21(23)24;1-2/h10,12-15,22H,2-9,11,18H2,1H3,(H,19,20);1-2H3/t12?,13?,14?,15-;/m0./s1. The summed E-state index contributed by atoms with van der Waals surface area (Å²) in [6.45, 7) is 6.30. The van der Waals surface area contributed by atoms with Gasteiger partial charge in [0.05, 0.1) is 6.04 Å². The molecule has 150 valence electrons. The van der Waals surface area contributed by atoms with Gasteiger partial charge in [0.25, 0.3) is 0 Å². The minimum absolute atomic E-state index is 0.157. The highest BCUT2D eigenvalue weighted by atomic mass is 16.6. The summed E-state index contributed by atoms with van der Waals surface area (Å²) in [7, 11) is 0. The molecule has 1 aromatic heterocycles. The minimum Gasteiger partial charge on any atom is -0.396 e. The van der Waals surface area contributed by atoms with Gasteiger partial charge in [0.1, 0.15) is 5.82 Å². The Bertz CT molecular complexity index is 513. The van der Waals surface area contributed by atoms with Gasteiger partial charge in [-0.2, -0.15) is 0 Å². The Kier molecular flexibility index (Phi) is 10.4. The van der Waals surface area contributed by atoms with Crippen molar-refractivity contribution in [1.29, 1.82) is 0 Å². The van der Waals surface area contributed by atoms with E-state index in [1.807, 2.05) is 20.0 Å². The zero-order valence-electron chi connectivity index (χ0n) is 16.5. The molecule has 2 atom stereocenters. The van der Waals surface area contributed by atoms with Crippen molar-refractivity contribution in [2.75, 3.05) is 6.61 Å². The highest BCUT2D eigenvalue weighted by molar-refractivity contribution is 5.11. The van der Waals surface area contributed by atoms with Gasteiger partial charge in [-0.3, -0.25) is 10.1 Å². The Balaban J connectivity index is 0.00000163. The number of aromatic amines is 1. The van der Waals surface area contributed by atoms with Gasteiger partial charge in [-0.05, 0) is 31.6 Å². The number of hydrogen-bond donors (Lipinski definition) is 3. The van der Waals surface area contributed by atoms with Gasteiger partial charge < -0.3 is 15.8 Å². The molecule has 1 aromatic rings. The van der Waals surface area contributed by atoms with Gasteiger partial charge >= 0.3 is 0 Å². The van der Waals surface area contributed by atoms with Gasteiger partial charge in [-0.15, -0.1) is 0 Å². The summed E-state index contributed by atoms with van der Waals surface area (Å²) in [4.78, 5) is 18.4. The molecule has 0 aromatic carbocycles. The average Bonchev–Trinajstić information content (AvgIpc) is 3.17. The molecule has 1 aliphatic carbocycles. The number of unbranched alkanes of at least 4 members (excludes halogenated alkanes) is 1. The number of nitro groups is 1. The predicted molar refractivity (Wildman–Crippen MR) is 104 cm³/mol. The first-order chi connectivity index (χ1) is 12.5. The van der Waals surface area contributed by atoms with Gasteiger partial charge in [0.2, 0.25) is 6.04 Å². The molecule has 7 nitrogen and oxygen atoms in total. The summed E-state index contributed by atoms with van der Waals surface area (Å²) in [5.74, 6) is 1.28. The van der Waals surface area contributed by atoms with Crippen LogP contribution in [0.4, 0.5) is 0 Å². The highest BCUT2D eigenvalue weighted by Crippen LogP contribution is 2.33. The molecule has 26 heavy (non-hydrogen) atoms. The molecule has 0 spiro atoms. The third-order valence-corrected chi connectivity index (χ3v) is 5.21. The van der Waals surface area contributed by atoms with Crippen LogP contribution in [0.5, 0.6) is 0 Å². The van der Waals surface area contributed by atoms with E-state index in [9.17, 15) is 15.2 Å². The van der Waals surface area contributed by atoms with E-state index in [1.165, 1.54) is 0 Å². The fraction of sp³-hybridized carbons (Fsp3) is 0.842. The fourth-order valence-electron chi connectivity index (χ4n) is 3.59. The SMILES string of the molecule is CC.CCCCC(CO)C[C@H](N)c1ncc(C2CCC([N+](=O)[O-])CC2)[nH]1. The number of nitrogens with zero attached hydrogens (tertiary/aromatic N) is 2. The normalized spacial score (nSPS) is 22.2. The van der Waals surface area contributed by atoms with E-state index >= 15 is 0 Å². The van der Waals surface area contributed by atoms with Crippen LogP contribution >= 0.6 is 0 Å². The van der Waals surface area contributed by atoms with E-state index in [2.05, 4.69) is 16.9 Å². The number of hydrogen-bond acceptors (Lipinski definition) is 5. The summed E-state index contributed by atoms with van der Waals surface area (Å²) >= 11 is 0. The number of aliphatic hydroxyl groups excluding tert-OH is 1. The molecule has 1 aliphatic rings. The second-order valence-corrected chi connectivity index (χ2v) is 7.05. The van der Waals surface area contributed by atoms with Gasteiger partial charge in [0.15, 0.2) is 0 Å². The third kappa shape index (κ3) is 6.68. The number of H-pyrrole nitrogens is 1. The molecule has 1 saturated carbocycles. The van der Waals surface area contributed by atoms with Crippen molar-refractivity contribution in [2.24, 2.45) is 11.7 Å². The first-order valence-electron chi connectivity index (χ1n) is 10.1. The maximum absolute atomic E-state index is 10.8. The second kappa shape index (κ2) is 12.0. The van der Waals surface area contributed by atoms with Crippen LogP contribution in [0.2, 0.25) is 0 Å². The van der Waals surface area contributed by atoms with Crippen LogP contribution in [0.25, 0.3) is 0 Å². The molecular formula is C19H36N4O3. The quantitative estimate of drug-likeness (QED) is 0.451. The lowest BCUT2D eigenvalue weighted by atomic mass is 9.84. The first kappa shape index (κ1) is 22.6. The van der Waals surface area contributed by atoms with Gasteiger partial charge in [-0.25, -0.2) is 4.98 Å². The third-order valence-electron chi connectivity index (χ3n) is 5.21. The van der Waals surface area contributed by atoms with Crippen LogP contribution < -0.4 is 5.73 Å². The molecule has 1 unspecified atom stereocenters. The monoisotopic (exact) mass is 368 g/mol. The summed E-state index contributed by atoms with van der Waals surface area (Å²) in [5.41, 5.74) is 7.29. The van der Waals surface area contributed by atoms with E-state index in [0.717, 1.165) is 50.0 Å². The number of imidazole rings is 1. The Morgan fingerprint density at radius 3 is 2.58 bits per heavy atom. The van der Waals surface area contributed by atoms with Crippen LogP contribution in [0.1, 0.15) is 95.6 Å². The van der Waals surface area contributed by atoms with Gasteiger partial charge in [0, 0.05) is 42.2 Å². The van der Waals surface area contributed by atoms with Crippen molar-refractivity contribution >= 4 is 0 Å². The Labute approximate surface area is 156 Å². The van der Waals surface area contributed by atoms with Crippen molar-refractivity contribution in [3.63, 3.8) is 0 Å². The largest absolute Gasteiger partial charge is 0.396 e. The molecule has 0 saturated heterocycles. The van der Waals surface area contributed by atoms with Crippen molar-refractivity contribution in [3.05, 3.63) is 27.8 Å². The zero-order valence-corrected chi connectivity index (χ0v) is 16.5. The zero-order chi connectivity index (χ0) is 19.5. The molecule has 4 N–H and O–H groups in total. The van der Waals surface area contributed by atoms with Crippen LogP contribution in [-0.2, 0) is 0 Å². The molecule has 0 bridgehead atoms. The van der Waals surface area contributed by atoms with Crippen molar-refractivity contribution in [2.45, 2.75) is 90.1 Å². The predicted octanol–water partition coefficient (Wildman–Crippen LogP) is 3.93. The molecule has 0 radical (unpaired) electrons. The smallest absolute Gasteiger partial charge is 0.213 e. The van der Waals surface area contributed by atoms with Gasteiger partial charge in [-0.1, -0.05) is 33.6 Å². The maximum atomic E-state index is 10.8. The molecule has 1 heterocycles. The van der Waals surface area contributed by atoms with Crippen molar-refractivity contribution < 1.29 is 10.0 Å². The lowest BCUT2D eigenvalue weighted by Gasteiger charge is -2.23. The number of aliphatic hydroxyl groups is 1. The number of rotatable bonds is 9. The van der Waals surface area contributed by atoms with E-state index in [4.69, 9.17) is 5.73 Å². The van der Waals surface area contributed by atoms with Crippen LogP contribution in [-0.4, -0.2) is 32.6 Å². The molecule has 0 aliphatic heterocycles. The molecule has 7 heteroatoms. The van der Waals surface area contributed by atoms with Crippen LogP contribution in [0, 0.1) is 16.0 Å². The Morgan fingerprint density at radius 1 is 1.38 bits per heavy atom. The maximum Gasteiger partial charge on any atom is 0.213 e. The Morgan fingerprint density at radius 2 is 2.04 bits per heavy atom. The number of nitrogens with one attached hydrogen (secondary N) is 1. The topological polar surface area (TPSA) is 118 Å². The average molecular weight is 369 g/mol. The first-order valence-corrected chi connectivity index (χ1v) is 10.1. The lowest BCUT2D eigenvalue weighted by Crippen LogP contribution is -2.25. The van der Waals surface area contributed by atoms with E-state index in [0.29, 0.717) is 18.8 Å². The van der Waals surface area contributed by atoms with Crippen molar-refractivity contribution in [3.8, 4) is 0 Å². The molecule has 2 rings (SSSR count). The fourth-order valence-corrected chi connectivity index (χ4v) is 3.59. The number of nitrogens with two attached hydrogens (primary N) is 1. The highest BCUT2D eigenvalue weighted by Gasteiger charge is 2.30. The molecule has 0 amide bonds. The van der Waals surface area contributed by atoms with Crippen LogP contribution in [0.3, 0.4) is 0 Å². The summed E-state index contributed by atoms with van der Waals surface area (Å²) in [5, 5.41) is 20.3. The van der Waals surface area contributed by atoms with E-state index in [1.54, 1.807) is 0 Å².